The van der Waals surface area contributed by atoms with E-state index in [4.69, 9.17) is 4.98 Å². The first-order valence-corrected chi connectivity index (χ1v) is 14.0. The number of hydrogen-bond acceptors (Lipinski definition) is 5. The number of aromatic nitrogens is 2. The van der Waals surface area contributed by atoms with Gasteiger partial charge in [0.05, 0.1) is 22.7 Å². The number of anilines is 2. The van der Waals surface area contributed by atoms with Gasteiger partial charge in [-0.05, 0) is 61.2 Å². The van der Waals surface area contributed by atoms with Crippen molar-refractivity contribution in [3.05, 3.63) is 88.6 Å². The van der Waals surface area contributed by atoms with Crippen LogP contribution in [0, 0.1) is 13.8 Å². The molecule has 1 unspecified atom stereocenters. The quantitative estimate of drug-likeness (QED) is 0.334. The third kappa shape index (κ3) is 5.55. The highest BCUT2D eigenvalue weighted by Gasteiger charge is 2.26. The van der Waals surface area contributed by atoms with Crippen molar-refractivity contribution in [3.8, 4) is 11.3 Å². The summed E-state index contributed by atoms with van der Waals surface area (Å²) in [6.45, 7) is 8.72. The highest BCUT2D eigenvalue weighted by atomic mass is 32.2. The summed E-state index contributed by atoms with van der Waals surface area (Å²) in [6, 6.07) is 17.7. The van der Waals surface area contributed by atoms with Crippen molar-refractivity contribution >= 4 is 39.0 Å². The van der Waals surface area contributed by atoms with Gasteiger partial charge in [-0.2, -0.15) is 0 Å². The number of fused-ring (bicyclic) bond motifs is 1. The fourth-order valence-electron chi connectivity index (χ4n) is 4.13. The summed E-state index contributed by atoms with van der Waals surface area (Å²) in [4.78, 5) is 23.1. The van der Waals surface area contributed by atoms with Gasteiger partial charge in [0.1, 0.15) is 0 Å². The minimum Gasteiger partial charge on any atom is -0.302 e. The lowest BCUT2D eigenvalue weighted by Crippen LogP contribution is -2.23. The van der Waals surface area contributed by atoms with E-state index in [9.17, 15) is 9.00 Å². The Bertz CT molecular complexity index is 1390. The number of amides is 1. The van der Waals surface area contributed by atoms with Gasteiger partial charge in [-0.1, -0.05) is 44.2 Å². The number of hydrogen-bond donors (Lipinski definition) is 1. The third-order valence-electron chi connectivity index (χ3n) is 5.82. The minimum atomic E-state index is -1.24. The number of nitrogens with one attached hydrogen (secondary N) is 1. The Morgan fingerprint density at radius 2 is 1.92 bits per heavy atom. The van der Waals surface area contributed by atoms with Crippen LogP contribution in [0.2, 0.25) is 0 Å². The molecule has 36 heavy (non-hydrogen) atoms. The molecule has 1 aliphatic heterocycles. The van der Waals surface area contributed by atoms with Crippen LogP contribution in [0.25, 0.3) is 11.3 Å². The van der Waals surface area contributed by atoms with Crippen molar-refractivity contribution in [2.24, 2.45) is 0 Å². The number of carbonyl (C=O) groups is 1. The monoisotopic (exact) mass is 518 g/mol. The SMILES string of the molecule is CC.Cc1ccccc1S(=O)N1CCc2cc(-c3nc(NC(=O)Cc4cccnc4)sc3C)ccc21. The lowest BCUT2D eigenvalue weighted by molar-refractivity contribution is -0.115. The number of thiazole rings is 1. The minimum absolute atomic E-state index is 0.114. The molecule has 6 nitrogen and oxygen atoms in total. The fourth-order valence-corrected chi connectivity index (χ4v) is 6.37. The van der Waals surface area contributed by atoms with Gasteiger partial charge in [0.2, 0.25) is 5.91 Å². The topological polar surface area (TPSA) is 75.2 Å². The predicted molar refractivity (Wildman–Crippen MR) is 149 cm³/mol. The molecule has 0 aliphatic carbocycles. The molecule has 0 saturated heterocycles. The maximum absolute atomic E-state index is 13.3. The molecule has 4 aromatic rings. The molecule has 8 heteroatoms. The summed E-state index contributed by atoms with van der Waals surface area (Å²) in [5.74, 6) is -0.114. The first kappa shape index (κ1) is 25.7. The first-order chi connectivity index (χ1) is 17.5. The molecule has 0 spiro atoms. The van der Waals surface area contributed by atoms with E-state index in [1.807, 2.05) is 80.5 Å². The van der Waals surface area contributed by atoms with E-state index in [1.165, 1.54) is 11.3 Å². The Hall–Kier alpha value is -3.36. The maximum Gasteiger partial charge on any atom is 0.230 e. The molecule has 0 fully saturated rings. The average molecular weight is 519 g/mol. The molecular weight excluding hydrogens is 488 g/mol. The normalized spacial score (nSPS) is 12.9. The van der Waals surface area contributed by atoms with E-state index in [-0.39, 0.29) is 12.3 Å². The van der Waals surface area contributed by atoms with E-state index >= 15 is 0 Å². The summed E-state index contributed by atoms with van der Waals surface area (Å²) >= 11 is 1.47. The van der Waals surface area contributed by atoms with E-state index < -0.39 is 11.0 Å². The highest BCUT2D eigenvalue weighted by Crippen LogP contribution is 2.37. The molecule has 5 rings (SSSR count). The number of benzene rings is 2. The molecule has 0 radical (unpaired) electrons. The van der Waals surface area contributed by atoms with Gasteiger partial charge in [-0.15, -0.1) is 11.3 Å². The van der Waals surface area contributed by atoms with Crippen LogP contribution in [-0.2, 0) is 28.6 Å². The van der Waals surface area contributed by atoms with Gasteiger partial charge in [-0.3, -0.25) is 14.1 Å². The zero-order valence-electron chi connectivity index (χ0n) is 20.9. The second-order valence-electron chi connectivity index (χ2n) is 8.22. The maximum atomic E-state index is 13.3. The smallest absolute Gasteiger partial charge is 0.230 e. The van der Waals surface area contributed by atoms with Gasteiger partial charge in [-0.25, -0.2) is 9.19 Å². The summed E-state index contributed by atoms with van der Waals surface area (Å²) < 4.78 is 15.2. The van der Waals surface area contributed by atoms with Crippen LogP contribution in [0.1, 0.15) is 35.4 Å². The Morgan fingerprint density at radius 1 is 1.11 bits per heavy atom. The molecular formula is C28H30N4O2S2. The van der Waals surface area contributed by atoms with Gasteiger partial charge in [0.15, 0.2) is 16.1 Å². The van der Waals surface area contributed by atoms with Crippen LogP contribution in [0.5, 0.6) is 0 Å². The number of aryl methyl sites for hydroxylation is 2. The number of pyridine rings is 1. The molecule has 1 atom stereocenters. The predicted octanol–water partition coefficient (Wildman–Crippen LogP) is 6.11. The van der Waals surface area contributed by atoms with E-state index in [2.05, 4.69) is 16.4 Å². The average Bonchev–Trinajstić information content (AvgIpc) is 3.48. The lowest BCUT2D eigenvalue weighted by atomic mass is 10.1. The molecule has 0 bridgehead atoms. The zero-order valence-corrected chi connectivity index (χ0v) is 22.6. The Morgan fingerprint density at radius 3 is 2.67 bits per heavy atom. The van der Waals surface area contributed by atoms with E-state index in [1.54, 1.807) is 12.4 Å². The van der Waals surface area contributed by atoms with Crippen molar-refractivity contribution in [1.82, 2.24) is 9.97 Å². The van der Waals surface area contributed by atoms with Gasteiger partial charge >= 0.3 is 0 Å². The van der Waals surface area contributed by atoms with Gasteiger partial charge < -0.3 is 5.32 Å². The second-order valence-corrected chi connectivity index (χ2v) is 10.8. The molecule has 1 amide bonds. The van der Waals surface area contributed by atoms with Crippen molar-refractivity contribution in [3.63, 3.8) is 0 Å². The van der Waals surface area contributed by atoms with Crippen LogP contribution in [-0.4, -0.2) is 26.6 Å². The fraction of sp³-hybridized carbons (Fsp3) is 0.250. The largest absolute Gasteiger partial charge is 0.302 e. The van der Waals surface area contributed by atoms with Crippen molar-refractivity contribution < 1.29 is 9.00 Å². The standard InChI is InChI=1S/C26H24N4O2S2.C2H6/c1-17-6-3-4-8-23(17)34(32)30-13-11-20-15-21(9-10-22(20)30)25-18(2)33-26(29-25)28-24(31)14-19-7-5-12-27-16-19;1-2/h3-10,12,15-16H,11,13-14H2,1-2H3,(H,28,29,31);1-2H3. The van der Waals surface area contributed by atoms with Crippen LogP contribution < -0.4 is 9.62 Å². The summed E-state index contributed by atoms with van der Waals surface area (Å²) in [6.07, 6.45) is 4.47. The molecule has 1 aliphatic rings. The van der Waals surface area contributed by atoms with Crippen molar-refractivity contribution in [2.45, 2.75) is 45.4 Å². The van der Waals surface area contributed by atoms with Crippen molar-refractivity contribution in [1.29, 1.82) is 0 Å². The molecule has 2 aromatic carbocycles. The Balaban J connectivity index is 0.00000148. The van der Waals surface area contributed by atoms with Crippen LogP contribution in [0.3, 0.4) is 0 Å². The summed E-state index contributed by atoms with van der Waals surface area (Å²) in [7, 11) is -1.24. The van der Waals surface area contributed by atoms with Crippen LogP contribution in [0.4, 0.5) is 10.8 Å². The van der Waals surface area contributed by atoms with Crippen LogP contribution in [0.15, 0.2) is 71.9 Å². The number of nitrogens with zero attached hydrogens (tertiary/aromatic N) is 3. The Labute approximate surface area is 219 Å². The molecule has 186 valence electrons. The zero-order chi connectivity index (χ0) is 25.7. The van der Waals surface area contributed by atoms with Gasteiger partial charge in [0, 0.05) is 29.4 Å². The Kier molecular flexibility index (Phi) is 8.28. The lowest BCUT2D eigenvalue weighted by Gasteiger charge is -2.19. The van der Waals surface area contributed by atoms with E-state index in [0.29, 0.717) is 11.7 Å². The molecule has 1 N–H and O–H groups in total. The molecule has 0 saturated carbocycles. The summed E-state index contributed by atoms with van der Waals surface area (Å²) in [5.41, 5.74) is 5.92. The van der Waals surface area contributed by atoms with Crippen molar-refractivity contribution in [2.75, 3.05) is 16.2 Å². The number of rotatable bonds is 6. The van der Waals surface area contributed by atoms with Crippen LogP contribution >= 0.6 is 11.3 Å². The molecule has 3 heterocycles. The summed E-state index contributed by atoms with van der Waals surface area (Å²) in [5, 5.41) is 3.50. The molecule has 2 aromatic heterocycles. The third-order valence-corrected chi connectivity index (χ3v) is 8.32. The van der Waals surface area contributed by atoms with E-state index in [0.717, 1.165) is 49.8 Å². The van der Waals surface area contributed by atoms with Gasteiger partial charge in [0.25, 0.3) is 0 Å². The second kappa shape index (κ2) is 11.6. The number of carbonyl (C=O) groups excluding carboxylic acids is 1. The first-order valence-electron chi connectivity index (χ1n) is 12.0. The highest BCUT2D eigenvalue weighted by molar-refractivity contribution is 7.86.